The van der Waals surface area contributed by atoms with Gasteiger partial charge in [-0.15, -0.1) is 0 Å². The van der Waals surface area contributed by atoms with E-state index in [0.717, 1.165) is 11.1 Å². The summed E-state index contributed by atoms with van der Waals surface area (Å²) < 4.78 is 5.44. The van der Waals surface area contributed by atoms with Gasteiger partial charge in [0.25, 0.3) is 0 Å². The minimum Gasteiger partial charge on any atom is -0.478 e. The summed E-state index contributed by atoms with van der Waals surface area (Å²) in [6.07, 6.45) is 1.05. The Labute approximate surface area is 161 Å². The number of hydrogen-bond acceptors (Lipinski definition) is 4. The molecule has 0 fully saturated rings. The Morgan fingerprint density at radius 2 is 1.71 bits per heavy atom. The fraction of sp³-hybridized carbons (Fsp3) is 0.190. The van der Waals surface area contributed by atoms with Crippen molar-refractivity contribution in [2.75, 3.05) is 13.2 Å². The highest BCUT2D eigenvalue weighted by molar-refractivity contribution is 5.88. The Morgan fingerprint density at radius 3 is 2.36 bits per heavy atom. The van der Waals surface area contributed by atoms with Gasteiger partial charge in [0.15, 0.2) is 0 Å². The van der Waals surface area contributed by atoms with E-state index < -0.39 is 12.1 Å². The summed E-state index contributed by atoms with van der Waals surface area (Å²) in [5.74, 6) is -1.05. The molecule has 0 unspecified atom stereocenters. The third-order valence-electron chi connectivity index (χ3n) is 4.94. The van der Waals surface area contributed by atoms with Crippen LogP contribution in [0.1, 0.15) is 33.1 Å². The number of aromatic carboxylic acids is 1. The zero-order valence-electron chi connectivity index (χ0n) is 15.0. The number of amides is 1. The lowest BCUT2D eigenvalue weighted by Crippen LogP contribution is -2.28. The lowest BCUT2D eigenvalue weighted by molar-refractivity contribution is 0.0696. The predicted octanol–water partition coefficient (Wildman–Crippen LogP) is 3.19. The van der Waals surface area contributed by atoms with E-state index in [-0.39, 0.29) is 24.6 Å². The predicted molar refractivity (Wildman–Crippen MR) is 102 cm³/mol. The summed E-state index contributed by atoms with van der Waals surface area (Å²) in [5, 5.41) is 18.1. The molecule has 1 aliphatic rings. The van der Waals surface area contributed by atoms with Crippen molar-refractivity contribution >= 4 is 12.1 Å². The second kappa shape index (κ2) is 7.56. The number of alkyl carbamates (subject to hydrolysis) is 1. The summed E-state index contributed by atoms with van der Waals surface area (Å²) in [5.41, 5.74) is 5.22. The van der Waals surface area contributed by atoms with Crippen molar-refractivity contribution in [2.45, 2.75) is 12.3 Å². The van der Waals surface area contributed by atoms with Crippen LogP contribution in [0.4, 0.5) is 4.79 Å². The summed E-state index contributed by atoms with van der Waals surface area (Å²) in [6.45, 7) is 0.490. The smallest absolute Gasteiger partial charge is 0.407 e. The van der Waals surface area contributed by atoms with Crippen molar-refractivity contribution < 1.29 is 19.4 Å². The number of nitrogens with one attached hydrogen (secondary N) is 2. The maximum Gasteiger partial charge on any atom is 0.407 e. The number of rotatable bonds is 6. The van der Waals surface area contributed by atoms with Gasteiger partial charge >= 0.3 is 12.1 Å². The molecule has 142 valence electrons. The number of nitrogens with zero attached hydrogens (tertiary/aromatic N) is 1. The molecule has 3 aromatic rings. The fourth-order valence-corrected chi connectivity index (χ4v) is 3.63. The number of H-pyrrole nitrogens is 1. The van der Waals surface area contributed by atoms with E-state index in [2.05, 4.69) is 39.8 Å². The molecule has 0 spiro atoms. The van der Waals surface area contributed by atoms with E-state index in [4.69, 9.17) is 9.84 Å². The van der Waals surface area contributed by atoms with Gasteiger partial charge in [0.1, 0.15) is 12.2 Å². The van der Waals surface area contributed by atoms with Crippen LogP contribution in [0.2, 0.25) is 0 Å². The van der Waals surface area contributed by atoms with Crippen LogP contribution in [0.25, 0.3) is 11.1 Å². The zero-order valence-corrected chi connectivity index (χ0v) is 15.0. The maximum atomic E-state index is 12.1. The number of fused-ring (bicyclic) bond motifs is 3. The lowest BCUT2D eigenvalue weighted by atomic mass is 9.98. The molecule has 0 aliphatic heterocycles. The molecule has 0 saturated heterocycles. The third-order valence-corrected chi connectivity index (χ3v) is 4.94. The average molecular weight is 377 g/mol. The number of hydrogen-bond donors (Lipinski definition) is 3. The highest BCUT2D eigenvalue weighted by Crippen LogP contribution is 2.44. The van der Waals surface area contributed by atoms with Crippen molar-refractivity contribution in [1.29, 1.82) is 0 Å². The Kier molecular flexibility index (Phi) is 4.80. The number of carboxylic acid groups (broad SMARTS) is 1. The summed E-state index contributed by atoms with van der Waals surface area (Å²) in [6, 6.07) is 16.3. The summed E-state index contributed by atoms with van der Waals surface area (Å²) >= 11 is 0. The van der Waals surface area contributed by atoms with Gasteiger partial charge in [0, 0.05) is 18.9 Å². The fourth-order valence-electron chi connectivity index (χ4n) is 3.63. The first kappa shape index (κ1) is 17.8. The Morgan fingerprint density at radius 1 is 1.07 bits per heavy atom. The monoisotopic (exact) mass is 377 g/mol. The molecule has 0 bridgehead atoms. The lowest BCUT2D eigenvalue weighted by Gasteiger charge is -2.14. The molecule has 0 radical (unpaired) electrons. The van der Waals surface area contributed by atoms with Gasteiger partial charge in [-0.1, -0.05) is 48.5 Å². The van der Waals surface area contributed by atoms with E-state index in [9.17, 15) is 9.59 Å². The molecule has 7 nitrogen and oxygen atoms in total. The normalized spacial score (nSPS) is 12.3. The first-order chi connectivity index (χ1) is 13.6. The van der Waals surface area contributed by atoms with E-state index in [1.807, 2.05) is 24.3 Å². The standard InChI is InChI=1S/C21H19N3O4/c25-20(26)17-11-23-24-19(17)9-10-22-21(27)28-12-18-15-7-3-1-5-13(15)14-6-2-4-8-16(14)18/h1-8,11,18H,9-10,12H2,(H,22,27)(H,23,24)(H,25,26). The molecule has 1 aliphatic carbocycles. The molecular weight excluding hydrogens is 358 g/mol. The van der Waals surface area contributed by atoms with Crippen LogP contribution in [-0.4, -0.2) is 40.5 Å². The van der Waals surface area contributed by atoms with Crippen LogP contribution in [0.15, 0.2) is 54.7 Å². The average Bonchev–Trinajstić information content (AvgIpc) is 3.29. The van der Waals surface area contributed by atoms with Crippen molar-refractivity contribution in [3.05, 3.63) is 77.1 Å². The first-order valence-corrected chi connectivity index (χ1v) is 8.99. The second-order valence-corrected chi connectivity index (χ2v) is 6.57. The Hall–Kier alpha value is -3.61. The Bertz CT molecular complexity index is 982. The molecule has 1 heterocycles. The molecule has 2 aromatic carbocycles. The second-order valence-electron chi connectivity index (χ2n) is 6.57. The van der Waals surface area contributed by atoms with Crippen LogP contribution in [0.3, 0.4) is 0 Å². The highest BCUT2D eigenvalue weighted by Gasteiger charge is 2.28. The SMILES string of the molecule is O=C(NCCc1[nH]ncc1C(=O)O)OCC1c2ccccc2-c2ccccc21. The number of carbonyl (C=O) groups excluding carboxylic acids is 1. The highest BCUT2D eigenvalue weighted by atomic mass is 16.5. The van der Waals surface area contributed by atoms with Crippen LogP contribution < -0.4 is 5.32 Å². The molecule has 0 saturated carbocycles. The van der Waals surface area contributed by atoms with Gasteiger partial charge in [-0.05, 0) is 22.3 Å². The van der Waals surface area contributed by atoms with Gasteiger partial charge in [0.05, 0.1) is 11.9 Å². The number of aromatic nitrogens is 2. The number of benzene rings is 2. The van der Waals surface area contributed by atoms with Crippen molar-refractivity contribution in [2.24, 2.45) is 0 Å². The number of carbonyl (C=O) groups is 2. The van der Waals surface area contributed by atoms with E-state index >= 15 is 0 Å². The number of aromatic amines is 1. The summed E-state index contributed by atoms with van der Waals surface area (Å²) in [7, 11) is 0. The van der Waals surface area contributed by atoms with Crippen molar-refractivity contribution in [3.63, 3.8) is 0 Å². The van der Waals surface area contributed by atoms with Gasteiger partial charge < -0.3 is 15.2 Å². The van der Waals surface area contributed by atoms with Crippen molar-refractivity contribution in [1.82, 2.24) is 15.5 Å². The van der Waals surface area contributed by atoms with Gasteiger partial charge in [-0.3, -0.25) is 5.10 Å². The van der Waals surface area contributed by atoms with Crippen molar-refractivity contribution in [3.8, 4) is 11.1 Å². The molecule has 28 heavy (non-hydrogen) atoms. The van der Waals surface area contributed by atoms with E-state index in [1.165, 1.54) is 17.3 Å². The minimum absolute atomic E-state index is 0.00405. The first-order valence-electron chi connectivity index (χ1n) is 8.99. The maximum absolute atomic E-state index is 12.1. The van der Waals surface area contributed by atoms with Gasteiger partial charge in [-0.2, -0.15) is 5.10 Å². The van der Waals surface area contributed by atoms with E-state index in [0.29, 0.717) is 12.1 Å². The third kappa shape index (κ3) is 3.34. The van der Waals surface area contributed by atoms with Crippen LogP contribution in [-0.2, 0) is 11.2 Å². The van der Waals surface area contributed by atoms with E-state index in [1.54, 1.807) is 0 Å². The molecule has 4 rings (SSSR count). The number of carboxylic acids is 1. The van der Waals surface area contributed by atoms with Crippen LogP contribution in [0.5, 0.6) is 0 Å². The minimum atomic E-state index is -1.05. The van der Waals surface area contributed by atoms with Gasteiger partial charge in [-0.25, -0.2) is 9.59 Å². The van der Waals surface area contributed by atoms with Gasteiger partial charge in [0.2, 0.25) is 0 Å². The Balaban J connectivity index is 1.35. The topological polar surface area (TPSA) is 104 Å². The summed E-state index contributed by atoms with van der Waals surface area (Å²) in [4.78, 5) is 23.2. The molecule has 0 atom stereocenters. The molecule has 1 aromatic heterocycles. The largest absolute Gasteiger partial charge is 0.478 e. The quantitative estimate of drug-likeness (QED) is 0.612. The zero-order chi connectivity index (χ0) is 19.5. The molecule has 7 heteroatoms. The van der Waals surface area contributed by atoms with Crippen LogP contribution in [0, 0.1) is 0 Å². The number of ether oxygens (including phenoxy) is 1. The molecule has 3 N–H and O–H groups in total. The molecular formula is C21H19N3O4. The molecule has 1 amide bonds. The van der Waals surface area contributed by atoms with Crippen LogP contribution >= 0.6 is 0 Å².